The molecule has 0 radical (unpaired) electrons. The minimum Gasteiger partial charge on any atom is -0.307 e. The molecule has 0 saturated carbocycles. The number of para-hydroxylation sites is 1. The van der Waals surface area contributed by atoms with E-state index in [1.165, 1.54) is 22.2 Å². The van der Waals surface area contributed by atoms with Gasteiger partial charge in [-0.15, -0.1) is 17.9 Å². The second-order valence-electron chi connectivity index (χ2n) is 6.34. The van der Waals surface area contributed by atoms with Gasteiger partial charge < -0.3 is 4.90 Å². The van der Waals surface area contributed by atoms with Crippen LogP contribution in [0.25, 0.3) is 20.4 Å². The highest BCUT2D eigenvalue weighted by Crippen LogP contribution is 2.28. The van der Waals surface area contributed by atoms with Gasteiger partial charge in [0.15, 0.2) is 0 Å². The minimum absolute atomic E-state index is 0.200. The second kappa shape index (κ2) is 7.36. The summed E-state index contributed by atoms with van der Waals surface area (Å²) in [5, 5.41) is 0.850. The standard InChI is InChI=1S/C21H18N4O2S/c1-3-12-24(15-8-5-4-6-9-15)20(26)14(2)25-13-23-17-16-10-7-11-22-19(16)28-18(17)21(25)27/h3-11,13-14H,1,12H2,2H3/t14-/m1/s1. The van der Waals surface area contributed by atoms with Crippen molar-refractivity contribution in [2.45, 2.75) is 13.0 Å². The van der Waals surface area contributed by atoms with Gasteiger partial charge in [0.25, 0.3) is 5.56 Å². The number of pyridine rings is 1. The highest BCUT2D eigenvalue weighted by molar-refractivity contribution is 7.25. The molecule has 4 aromatic rings. The summed E-state index contributed by atoms with van der Waals surface area (Å²) in [5.74, 6) is -0.200. The van der Waals surface area contributed by atoms with Gasteiger partial charge >= 0.3 is 0 Å². The molecule has 140 valence electrons. The smallest absolute Gasteiger partial charge is 0.272 e. The lowest BCUT2D eigenvalue weighted by Crippen LogP contribution is -2.39. The summed E-state index contributed by atoms with van der Waals surface area (Å²) in [4.78, 5) is 37.4. The molecule has 0 bridgehead atoms. The number of anilines is 1. The first kappa shape index (κ1) is 18.1. The van der Waals surface area contributed by atoms with E-state index in [4.69, 9.17) is 0 Å². The lowest BCUT2D eigenvalue weighted by Gasteiger charge is -2.25. The normalized spacial score (nSPS) is 12.2. The van der Waals surface area contributed by atoms with E-state index >= 15 is 0 Å². The van der Waals surface area contributed by atoms with Crippen LogP contribution in [0.4, 0.5) is 5.69 Å². The average molecular weight is 390 g/mol. The monoisotopic (exact) mass is 390 g/mol. The van der Waals surface area contributed by atoms with Gasteiger partial charge in [0.2, 0.25) is 5.91 Å². The fourth-order valence-corrected chi connectivity index (χ4v) is 4.20. The zero-order valence-electron chi connectivity index (χ0n) is 15.3. The van der Waals surface area contributed by atoms with Gasteiger partial charge in [-0.3, -0.25) is 14.2 Å². The van der Waals surface area contributed by atoms with E-state index in [0.29, 0.717) is 16.8 Å². The van der Waals surface area contributed by atoms with E-state index in [-0.39, 0.29) is 11.5 Å². The number of benzene rings is 1. The van der Waals surface area contributed by atoms with Crippen LogP contribution in [0.5, 0.6) is 0 Å². The molecule has 28 heavy (non-hydrogen) atoms. The van der Waals surface area contributed by atoms with Gasteiger partial charge in [0.1, 0.15) is 15.6 Å². The Morgan fingerprint density at radius 3 is 2.79 bits per heavy atom. The first-order chi connectivity index (χ1) is 13.6. The molecule has 0 fully saturated rings. The average Bonchev–Trinajstić information content (AvgIpc) is 3.12. The Morgan fingerprint density at radius 2 is 2.04 bits per heavy atom. The fourth-order valence-electron chi connectivity index (χ4n) is 3.16. The molecular formula is C21H18N4O2S. The van der Waals surface area contributed by atoms with Crippen molar-refractivity contribution in [2.24, 2.45) is 0 Å². The number of hydrogen-bond acceptors (Lipinski definition) is 5. The zero-order valence-corrected chi connectivity index (χ0v) is 16.1. The molecule has 1 amide bonds. The van der Waals surface area contributed by atoms with Crippen molar-refractivity contribution in [1.29, 1.82) is 0 Å². The first-order valence-corrected chi connectivity index (χ1v) is 9.65. The number of aromatic nitrogens is 3. The van der Waals surface area contributed by atoms with Gasteiger partial charge in [0.05, 0.1) is 11.8 Å². The van der Waals surface area contributed by atoms with Gasteiger partial charge in [-0.05, 0) is 31.2 Å². The molecular weight excluding hydrogens is 372 g/mol. The maximum absolute atomic E-state index is 13.2. The predicted octanol–water partition coefficient (Wildman–Crippen LogP) is 3.79. The number of nitrogens with zero attached hydrogens (tertiary/aromatic N) is 4. The van der Waals surface area contributed by atoms with Crippen molar-refractivity contribution in [3.05, 3.63) is 78.0 Å². The van der Waals surface area contributed by atoms with E-state index in [1.54, 1.807) is 24.1 Å². The number of rotatable bonds is 5. The summed E-state index contributed by atoms with van der Waals surface area (Å²) in [6.45, 7) is 5.80. The molecule has 6 nitrogen and oxygen atoms in total. The molecule has 0 spiro atoms. The summed E-state index contributed by atoms with van der Waals surface area (Å²) in [5.41, 5.74) is 1.15. The summed E-state index contributed by atoms with van der Waals surface area (Å²) in [6.07, 6.45) is 4.80. The number of carbonyl (C=O) groups is 1. The molecule has 3 aromatic heterocycles. The molecule has 7 heteroatoms. The van der Waals surface area contributed by atoms with Crippen molar-refractivity contribution in [3.8, 4) is 0 Å². The highest BCUT2D eigenvalue weighted by Gasteiger charge is 2.24. The highest BCUT2D eigenvalue weighted by atomic mass is 32.1. The predicted molar refractivity (Wildman–Crippen MR) is 113 cm³/mol. The number of carbonyl (C=O) groups excluding carboxylic acids is 1. The van der Waals surface area contributed by atoms with Crippen molar-refractivity contribution in [3.63, 3.8) is 0 Å². The summed E-state index contributed by atoms with van der Waals surface area (Å²) in [6, 6.07) is 12.4. The fraction of sp³-hybridized carbons (Fsp3) is 0.143. The van der Waals surface area contributed by atoms with Crippen LogP contribution in [0, 0.1) is 0 Å². The Morgan fingerprint density at radius 1 is 1.25 bits per heavy atom. The van der Waals surface area contributed by atoms with Crippen LogP contribution in [0.1, 0.15) is 13.0 Å². The maximum Gasteiger partial charge on any atom is 0.272 e. The van der Waals surface area contributed by atoms with E-state index in [1.807, 2.05) is 42.5 Å². The van der Waals surface area contributed by atoms with Crippen molar-refractivity contribution >= 4 is 43.4 Å². The lowest BCUT2D eigenvalue weighted by atomic mass is 10.2. The zero-order chi connectivity index (χ0) is 19.7. The molecule has 4 rings (SSSR count). The Kier molecular flexibility index (Phi) is 4.75. The maximum atomic E-state index is 13.2. The lowest BCUT2D eigenvalue weighted by molar-refractivity contribution is -0.121. The Hall–Kier alpha value is -3.32. The summed E-state index contributed by atoms with van der Waals surface area (Å²) in [7, 11) is 0. The van der Waals surface area contributed by atoms with E-state index in [2.05, 4.69) is 16.5 Å². The Balaban J connectivity index is 1.77. The third kappa shape index (κ3) is 2.99. The SMILES string of the molecule is C=CCN(C(=O)[C@@H](C)n1cnc2c(sc3ncccc32)c1=O)c1ccccc1. The van der Waals surface area contributed by atoms with Crippen LogP contribution < -0.4 is 10.5 Å². The number of thiophene rings is 1. The molecule has 1 aromatic carbocycles. The molecule has 0 aliphatic rings. The summed E-state index contributed by atoms with van der Waals surface area (Å²) >= 11 is 1.30. The van der Waals surface area contributed by atoms with Crippen LogP contribution in [-0.2, 0) is 4.79 Å². The van der Waals surface area contributed by atoms with Crippen LogP contribution in [-0.4, -0.2) is 27.0 Å². The minimum atomic E-state index is -0.706. The van der Waals surface area contributed by atoms with Crippen molar-refractivity contribution in [1.82, 2.24) is 14.5 Å². The number of hydrogen-bond donors (Lipinski definition) is 0. The number of amides is 1. The Labute approximate surface area is 165 Å². The molecule has 0 N–H and O–H groups in total. The van der Waals surface area contributed by atoms with Crippen molar-refractivity contribution < 1.29 is 4.79 Å². The topological polar surface area (TPSA) is 68.1 Å². The molecule has 3 heterocycles. The Bertz CT molecular complexity index is 1230. The van der Waals surface area contributed by atoms with E-state index in [0.717, 1.165) is 15.9 Å². The third-order valence-electron chi connectivity index (χ3n) is 4.60. The quantitative estimate of drug-likeness (QED) is 0.486. The van der Waals surface area contributed by atoms with Gasteiger partial charge in [-0.25, -0.2) is 9.97 Å². The molecule has 1 atom stereocenters. The number of fused-ring (bicyclic) bond motifs is 3. The van der Waals surface area contributed by atoms with E-state index in [9.17, 15) is 9.59 Å². The molecule has 0 aliphatic heterocycles. The first-order valence-electron chi connectivity index (χ1n) is 8.83. The van der Waals surface area contributed by atoms with Crippen LogP contribution >= 0.6 is 11.3 Å². The largest absolute Gasteiger partial charge is 0.307 e. The van der Waals surface area contributed by atoms with Crippen LogP contribution in [0.15, 0.2) is 72.4 Å². The summed E-state index contributed by atoms with van der Waals surface area (Å²) < 4.78 is 1.89. The second-order valence-corrected chi connectivity index (χ2v) is 7.34. The van der Waals surface area contributed by atoms with Gasteiger partial charge in [0, 0.05) is 23.8 Å². The molecule has 0 unspecified atom stereocenters. The van der Waals surface area contributed by atoms with Crippen molar-refractivity contribution in [2.75, 3.05) is 11.4 Å². The van der Waals surface area contributed by atoms with E-state index < -0.39 is 6.04 Å². The molecule has 0 saturated heterocycles. The third-order valence-corrected chi connectivity index (χ3v) is 5.69. The van der Waals surface area contributed by atoms with Crippen LogP contribution in [0.2, 0.25) is 0 Å². The molecule has 0 aliphatic carbocycles. The van der Waals surface area contributed by atoms with Gasteiger partial charge in [-0.2, -0.15) is 0 Å². The van der Waals surface area contributed by atoms with Crippen LogP contribution in [0.3, 0.4) is 0 Å². The van der Waals surface area contributed by atoms with Gasteiger partial charge in [-0.1, -0.05) is 24.3 Å².